The van der Waals surface area contributed by atoms with Crippen molar-refractivity contribution in [2.24, 2.45) is 0 Å². The fourth-order valence-electron chi connectivity index (χ4n) is 1.48. The van der Waals surface area contributed by atoms with Crippen LogP contribution >= 0.6 is 0 Å². The maximum atomic E-state index is 10.9. The van der Waals surface area contributed by atoms with Gasteiger partial charge < -0.3 is 10.5 Å². The molecule has 0 spiro atoms. The number of rotatable bonds is 3. The van der Waals surface area contributed by atoms with Crippen LogP contribution in [0.3, 0.4) is 0 Å². The summed E-state index contributed by atoms with van der Waals surface area (Å²) in [4.78, 5) is 14.8. The average molecular weight is 206 g/mol. The smallest absolute Gasteiger partial charge is 0.168 e. The molecule has 2 heterocycles. The highest BCUT2D eigenvalue weighted by molar-refractivity contribution is 5.81. The monoisotopic (exact) mass is 206 g/mol. The van der Waals surface area contributed by atoms with Gasteiger partial charge >= 0.3 is 0 Å². The Morgan fingerprint density at radius 3 is 3.13 bits per heavy atom. The number of carbonyl (C=O) groups is 1. The normalized spacial score (nSPS) is 10.7. The molecule has 2 N–H and O–H groups in total. The zero-order chi connectivity index (χ0) is 10.8. The van der Waals surface area contributed by atoms with Gasteiger partial charge in [0.05, 0.1) is 6.61 Å². The van der Waals surface area contributed by atoms with Gasteiger partial charge in [-0.25, -0.2) is 9.50 Å². The summed E-state index contributed by atoms with van der Waals surface area (Å²) in [5.41, 5.74) is 7.47. The number of carbonyl (C=O) groups excluding carboxylic acids is 1. The molecule has 2 aromatic rings. The van der Waals surface area contributed by atoms with Crippen molar-refractivity contribution in [1.82, 2.24) is 14.6 Å². The van der Waals surface area contributed by atoms with Crippen LogP contribution in [0.15, 0.2) is 12.4 Å². The molecule has 0 bridgehead atoms. The molecule has 6 heteroatoms. The largest absolute Gasteiger partial charge is 0.382 e. The van der Waals surface area contributed by atoms with Gasteiger partial charge in [-0.1, -0.05) is 0 Å². The minimum absolute atomic E-state index is 0.343. The highest BCUT2D eigenvalue weighted by Gasteiger charge is 2.12. The first kappa shape index (κ1) is 9.60. The lowest BCUT2D eigenvalue weighted by molar-refractivity contribution is 0.111. The summed E-state index contributed by atoms with van der Waals surface area (Å²) < 4.78 is 6.44. The third-order valence-corrected chi connectivity index (χ3v) is 2.13. The number of aromatic nitrogens is 3. The van der Waals surface area contributed by atoms with Gasteiger partial charge in [0.25, 0.3) is 0 Å². The molecule has 0 atom stereocenters. The maximum Gasteiger partial charge on any atom is 0.168 e. The Labute approximate surface area is 85.7 Å². The molecule has 6 nitrogen and oxygen atoms in total. The summed E-state index contributed by atoms with van der Waals surface area (Å²) in [6.45, 7) is 0.344. The van der Waals surface area contributed by atoms with E-state index in [1.54, 1.807) is 13.2 Å². The third-order valence-electron chi connectivity index (χ3n) is 2.13. The molecular formula is C9H10N4O2. The number of nitrogens with two attached hydrogens (primary N) is 1. The van der Waals surface area contributed by atoms with Crippen LogP contribution < -0.4 is 5.73 Å². The van der Waals surface area contributed by atoms with Crippen LogP contribution in [0, 0.1) is 0 Å². The van der Waals surface area contributed by atoms with Gasteiger partial charge in [0.2, 0.25) is 0 Å². The summed E-state index contributed by atoms with van der Waals surface area (Å²) in [6.07, 6.45) is 2.04. The van der Waals surface area contributed by atoms with E-state index in [4.69, 9.17) is 10.5 Å². The molecule has 0 amide bonds. The summed E-state index contributed by atoms with van der Waals surface area (Å²) in [5.74, 6) is 0.343. The number of methoxy groups -OCH3 is 1. The maximum absolute atomic E-state index is 10.9. The first-order chi connectivity index (χ1) is 7.27. The second kappa shape index (κ2) is 3.66. The van der Waals surface area contributed by atoms with Crippen LogP contribution in [0.2, 0.25) is 0 Å². The van der Waals surface area contributed by atoms with E-state index in [-0.39, 0.29) is 0 Å². The van der Waals surface area contributed by atoms with E-state index in [0.717, 1.165) is 11.8 Å². The molecule has 2 rings (SSSR count). The van der Waals surface area contributed by atoms with Gasteiger partial charge in [-0.15, -0.1) is 0 Å². The molecule has 78 valence electrons. The Morgan fingerprint density at radius 1 is 1.67 bits per heavy atom. The fourth-order valence-corrected chi connectivity index (χ4v) is 1.48. The molecule has 2 aromatic heterocycles. The van der Waals surface area contributed by atoms with Gasteiger partial charge in [-0.2, -0.15) is 5.10 Å². The van der Waals surface area contributed by atoms with E-state index in [9.17, 15) is 4.79 Å². The van der Waals surface area contributed by atoms with Crippen LogP contribution in [-0.4, -0.2) is 28.0 Å². The van der Waals surface area contributed by atoms with Gasteiger partial charge in [-0.05, 0) is 6.07 Å². The van der Waals surface area contributed by atoms with Gasteiger partial charge in [-0.3, -0.25) is 4.79 Å². The third kappa shape index (κ3) is 1.44. The first-order valence-electron chi connectivity index (χ1n) is 4.33. The number of anilines is 1. The summed E-state index contributed by atoms with van der Waals surface area (Å²) in [5, 5.41) is 3.95. The lowest BCUT2D eigenvalue weighted by atomic mass is 10.2. The topological polar surface area (TPSA) is 82.5 Å². The quantitative estimate of drug-likeness (QED) is 0.729. The van der Waals surface area contributed by atoms with E-state index in [1.807, 2.05) is 0 Å². The summed E-state index contributed by atoms with van der Waals surface area (Å²) >= 11 is 0. The molecule has 0 aromatic carbocycles. The number of fused-ring (bicyclic) bond motifs is 1. The minimum atomic E-state index is 0.343. The Kier molecular flexibility index (Phi) is 2.34. The van der Waals surface area contributed by atoms with Crippen LogP contribution in [0.25, 0.3) is 5.52 Å². The molecule has 0 saturated carbocycles. The Balaban J connectivity index is 2.72. The van der Waals surface area contributed by atoms with Crippen molar-refractivity contribution in [3.63, 3.8) is 0 Å². The SMILES string of the molecule is COCc1cc2c(N)ncnn2c1C=O. The van der Waals surface area contributed by atoms with Crippen molar-refractivity contribution in [2.75, 3.05) is 12.8 Å². The predicted octanol–water partition coefficient (Wildman–Crippen LogP) is 0.270. The van der Waals surface area contributed by atoms with Gasteiger partial charge in [0.15, 0.2) is 12.1 Å². The molecule has 0 aliphatic carbocycles. The number of ether oxygens (including phenoxy) is 1. The molecule has 0 saturated heterocycles. The number of hydrogen-bond donors (Lipinski definition) is 1. The van der Waals surface area contributed by atoms with E-state index in [2.05, 4.69) is 10.1 Å². The highest BCUT2D eigenvalue weighted by Crippen LogP contribution is 2.18. The molecule has 0 fully saturated rings. The van der Waals surface area contributed by atoms with Crippen LogP contribution in [-0.2, 0) is 11.3 Å². The molecule has 0 unspecified atom stereocenters. The number of aldehydes is 1. The van der Waals surface area contributed by atoms with E-state index in [0.29, 0.717) is 23.6 Å². The standard InChI is InChI=1S/C9H10N4O2/c1-15-4-6-2-7-9(10)11-5-12-13(7)8(6)3-14/h2-3,5H,4H2,1H3,(H2,10,11,12). The Hall–Kier alpha value is -1.95. The molecule has 0 aliphatic heterocycles. The number of hydrogen-bond acceptors (Lipinski definition) is 5. The van der Waals surface area contributed by atoms with Gasteiger partial charge in [0, 0.05) is 12.7 Å². The van der Waals surface area contributed by atoms with Crippen molar-refractivity contribution >= 4 is 17.6 Å². The predicted molar refractivity (Wildman–Crippen MR) is 53.5 cm³/mol. The van der Waals surface area contributed by atoms with Crippen molar-refractivity contribution < 1.29 is 9.53 Å². The van der Waals surface area contributed by atoms with E-state index < -0.39 is 0 Å². The van der Waals surface area contributed by atoms with Crippen LogP contribution in [0.4, 0.5) is 5.82 Å². The van der Waals surface area contributed by atoms with Crippen LogP contribution in [0.1, 0.15) is 16.1 Å². The fraction of sp³-hybridized carbons (Fsp3) is 0.222. The van der Waals surface area contributed by atoms with Crippen molar-refractivity contribution in [3.8, 4) is 0 Å². The lowest BCUT2D eigenvalue weighted by Crippen LogP contribution is -2.02. The Morgan fingerprint density at radius 2 is 2.47 bits per heavy atom. The van der Waals surface area contributed by atoms with Crippen molar-refractivity contribution in [1.29, 1.82) is 0 Å². The van der Waals surface area contributed by atoms with Crippen molar-refractivity contribution in [2.45, 2.75) is 6.61 Å². The lowest BCUT2D eigenvalue weighted by Gasteiger charge is -1.97. The average Bonchev–Trinajstić information content (AvgIpc) is 2.58. The number of nitrogen functional groups attached to an aromatic ring is 1. The highest BCUT2D eigenvalue weighted by atomic mass is 16.5. The summed E-state index contributed by atoms with van der Waals surface area (Å²) in [6, 6.07) is 1.75. The number of nitrogens with zero attached hydrogens (tertiary/aromatic N) is 3. The molecular weight excluding hydrogens is 196 g/mol. The summed E-state index contributed by atoms with van der Waals surface area (Å²) in [7, 11) is 1.56. The Bertz CT molecular complexity index is 506. The first-order valence-corrected chi connectivity index (χ1v) is 4.33. The zero-order valence-electron chi connectivity index (χ0n) is 8.17. The molecule has 15 heavy (non-hydrogen) atoms. The second-order valence-electron chi connectivity index (χ2n) is 3.05. The van der Waals surface area contributed by atoms with E-state index >= 15 is 0 Å². The van der Waals surface area contributed by atoms with Gasteiger partial charge in [0.1, 0.15) is 17.5 Å². The minimum Gasteiger partial charge on any atom is -0.382 e. The van der Waals surface area contributed by atoms with Crippen LogP contribution in [0.5, 0.6) is 0 Å². The molecule has 0 aliphatic rings. The van der Waals surface area contributed by atoms with Crippen molar-refractivity contribution in [3.05, 3.63) is 23.7 Å². The second-order valence-corrected chi connectivity index (χ2v) is 3.05. The van der Waals surface area contributed by atoms with E-state index in [1.165, 1.54) is 10.8 Å². The zero-order valence-corrected chi connectivity index (χ0v) is 8.17. The molecule has 0 radical (unpaired) electrons.